The molecule has 3 nitrogen and oxygen atoms in total. The van der Waals surface area contributed by atoms with Gasteiger partial charge in [0.2, 0.25) is 0 Å². The van der Waals surface area contributed by atoms with E-state index in [1.54, 1.807) is 0 Å². The quantitative estimate of drug-likeness (QED) is 0.717. The lowest BCUT2D eigenvalue weighted by Gasteiger charge is -2.37. The van der Waals surface area contributed by atoms with E-state index in [4.69, 9.17) is 4.74 Å². The van der Waals surface area contributed by atoms with E-state index < -0.39 is 0 Å². The van der Waals surface area contributed by atoms with Gasteiger partial charge in [-0.15, -0.1) is 0 Å². The van der Waals surface area contributed by atoms with Crippen molar-refractivity contribution in [2.45, 2.75) is 59.8 Å². The summed E-state index contributed by atoms with van der Waals surface area (Å²) in [5.41, 5.74) is -0.257. The zero-order valence-corrected chi connectivity index (χ0v) is 12.6. The summed E-state index contributed by atoms with van der Waals surface area (Å²) < 4.78 is 5.40. The Balaban J connectivity index is 1.96. The molecule has 108 valence electrons. The predicted molar refractivity (Wildman–Crippen MR) is 73.6 cm³/mol. The Morgan fingerprint density at radius 3 is 2.58 bits per heavy atom. The topological polar surface area (TPSA) is 43.4 Å². The monoisotopic (exact) mass is 266 g/mol. The summed E-state index contributed by atoms with van der Waals surface area (Å²) in [7, 11) is 0. The summed E-state index contributed by atoms with van der Waals surface area (Å²) in [4.78, 5) is 23.9. The van der Waals surface area contributed by atoms with Gasteiger partial charge in [0.1, 0.15) is 5.78 Å². The largest absolute Gasteiger partial charge is 0.465 e. The van der Waals surface area contributed by atoms with Gasteiger partial charge in [-0.3, -0.25) is 9.59 Å². The number of carbonyl (C=O) groups excluding carboxylic acids is 2. The van der Waals surface area contributed by atoms with Gasteiger partial charge >= 0.3 is 5.97 Å². The molecule has 0 aliphatic heterocycles. The highest BCUT2D eigenvalue weighted by atomic mass is 16.5. The van der Waals surface area contributed by atoms with Crippen molar-refractivity contribution in [3.63, 3.8) is 0 Å². The van der Waals surface area contributed by atoms with Crippen LogP contribution in [0.3, 0.4) is 0 Å². The molecule has 0 N–H and O–H groups in total. The summed E-state index contributed by atoms with van der Waals surface area (Å²) in [5.74, 6) is 0.922. The Hall–Kier alpha value is -0.860. The number of unbranched alkanes of at least 4 members (excludes halogenated alkanes) is 1. The first-order chi connectivity index (χ1) is 8.84. The Labute approximate surface area is 116 Å². The third-order valence-corrected chi connectivity index (χ3v) is 5.94. The minimum absolute atomic E-state index is 0.0462. The number of carbonyl (C=O) groups is 2. The van der Waals surface area contributed by atoms with E-state index >= 15 is 0 Å². The highest BCUT2D eigenvalue weighted by Gasteiger charge is 2.66. The molecule has 19 heavy (non-hydrogen) atoms. The van der Waals surface area contributed by atoms with Crippen LogP contribution in [-0.2, 0) is 14.3 Å². The standard InChI is InChI=1S/C16H26O3/c1-5-6-7-14(18)19-10-12-8-11-9-13(17)16(12,4)15(11,2)3/h11-12H,5-10H2,1-4H3. The van der Waals surface area contributed by atoms with Gasteiger partial charge in [0.15, 0.2) is 0 Å². The minimum Gasteiger partial charge on any atom is -0.465 e. The van der Waals surface area contributed by atoms with Crippen LogP contribution in [0.25, 0.3) is 0 Å². The molecule has 2 rings (SSSR count). The second kappa shape index (κ2) is 4.92. The number of ether oxygens (including phenoxy) is 1. The summed E-state index contributed by atoms with van der Waals surface area (Å²) in [6, 6.07) is 0. The van der Waals surface area contributed by atoms with E-state index in [0.717, 1.165) is 19.3 Å². The third-order valence-electron chi connectivity index (χ3n) is 5.94. The van der Waals surface area contributed by atoms with E-state index in [1.807, 2.05) is 0 Å². The number of rotatable bonds is 5. The van der Waals surface area contributed by atoms with Crippen molar-refractivity contribution in [1.82, 2.24) is 0 Å². The SMILES string of the molecule is CCCCC(=O)OCC1CC2CC(=O)C1(C)C2(C)C. The van der Waals surface area contributed by atoms with Gasteiger partial charge in [0, 0.05) is 24.2 Å². The highest BCUT2D eigenvalue weighted by Crippen LogP contribution is 2.66. The van der Waals surface area contributed by atoms with Gasteiger partial charge < -0.3 is 4.74 Å². The fourth-order valence-corrected chi connectivity index (χ4v) is 4.01. The van der Waals surface area contributed by atoms with E-state index in [1.165, 1.54) is 0 Å². The van der Waals surface area contributed by atoms with Crippen LogP contribution in [0, 0.1) is 22.7 Å². The molecule has 2 fully saturated rings. The smallest absolute Gasteiger partial charge is 0.305 e. The van der Waals surface area contributed by atoms with E-state index in [2.05, 4.69) is 27.7 Å². The van der Waals surface area contributed by atoms with Gasteiger partial charge in [-0.25, -0.2) is 0 Å². The zero-order chi connectivity index (χ0) is 14.3. The van der Waals surface area contributed by atoms with Crippen molar-refractivity contribution in [3.05, 3.63) is 0 Å². The van der Waals surface area contributed by atoms with Crippen molar-refractivity contribution < 1.29 is 14.3 Å². The molecule has 2 aliphatic rings. The maximum Gasteiger partial charge on any atom is 0.305 e. The number of fused-ring (bicyclic) bond motifs is 2. The Morgan fingerprint density at radius 1 is 1.37 bits per heavy atom. The molecule has 2 saturated carbocycles. The maximum absolute atomic E-state index is 12.3. The molecule has 0 spiro atoms. The Morgan fingerprint density at radius 2 is 2.05 bits per heavy atom. The lowest BCUT2D eigenvalue weighted by Crippen LogP contribution is -2.40. The van der Waals surface area contributed by atoms with Gasteiger partial charge in [0.05, 0.1) is 6.61 Å². The number of ketones is 1. The van der Waals surface area contributed by atoms with E-state index in [-0.39, 0.29) is 22.7 Å². The molecule has 0 heterocycles. The molecule has 0 saturated heterocycles. The fourth-order valence-electron chi connectivity index (χ4n) is 4.01. The van der Waals surface area contributed by atoms with Gasteiger partial charge in [0.25, 0.3) is 0 Å². The molecule has 2 aliphatic carbocycles. The number of Topliss-reactive ketones (excluding diaryl/α,β-unsaturated/α-hetero) is 1. The van der Waals surface area contributed by atoms with Crippen LogP contribution < -0.4 is 0 Å². The molecule has 3 heteroatoms. The van der Waals surface area contributed by atoms with Gasteiger partial charge in [-0.1, -0.05) is 34.1 Å². The second-order valence-corrected chi connectivity index (χ2v) is 6.97. The third kappa shape index (κ3) is 2.11. The summed E-state index contributed by atoms with van der Waals surface area (Å²) in [5, 5.41) is 0. The van der Waals surface area contributed by atoms with E-state index in [9.17, 15) is 9.59 Å². The van der Waals surface area contributed by atoms with Crippen LogP contribution in [0.4, 0.5) is 0 Å². The highest BCUT2D eigenvalue weighted by molar-refractivity contribution is 5.89. The lowest BCUT2D eigenvalue weighted by atomic mass is 9.66. The van der Waals surface area contributed by atoms with Crippen LogP contribution in [0.5, 0.6) is 0 Å². The van der Waals surface area contributed by atoms with Crippen LogP contribution in [-0.4, -0.2) is 18.4 Å². The summed E-state index contributed by atoms with van der Waals surface area (Å²) in [6.07, 6.45) is 4.12. The van der Waals surface area contributed by atoms with Crippen molar-refractivity contribution in [2.75, 3.05) is 6.61 Å². The van der Waals surface area contributed by atoms with Crippen molar-refractivity contribution in [1.29, 1.82) is 0 Å². The average Bonchev–Trinajstić information content (AvgIpc) is 2.64. The molecule has 0 aromatic rings. The van der Waals surface area contributed by atoms with Crippen LogP contribution >= 0.6 is 0 Å². The molecule has 0 amide bonds. The van der Waals surface area contributed by atoms with Crippen molar-refractivity contribution in [3.8, 4) is 0 Å². The molecular weight excluding hydrogens is 240 g/mol. The Bertz CT molecular complexity index is 385. The molecule has 0 aromatic heterocycles. The van der Waals surface area contributed by atoms with E-state index in [0.29, 0.717) is 31.1 Å². The van der Waals surface area contributed by atoms with Crippen molar-refractivity contribution >= 4 is 11.8 Å². The summed E-state index contributed by atoms with van der Waals surface area (Å²) in [6.45, 7) is 8.95. The molecule has 3 atom stereocenters. The molecule has 0 aromatic carbocycles. The molecule has 0 radical (unpaired) electrons. The maximum atomic E-state index is 12.3. The first-order valence-electron chi connectivity index (χ1n) is 7.53. The minimum atomic E-state index is -0.303. The average molecular weight is 266 g/mol. The molecular formula is C16H26O3. The fraction of sp³-hybridized carbons (Fsp3) is 0.875. The first-order valence-corrected chi connectivity index (χ1v) is 7.53. The number of esters is 1. The van der Waals surface area contributed by atoms with Crippen molar-refractivity contribution in [2.24, 2.45) is 22.7 Å². The Kier molecular flexibility index (Phi) is 3.76. The van der Waals surface area contributed by atoms with Gasteiger partial charge in [-0.05, 0) is 24.2 Å². The van der Waals surface area contributed by atoms with Crippen LogP contribution in [0.15, 0.2) is 0 Å². The zero-order valence-electron chi connectivity index (χ0n) is 12.6. The molecule has 2 bridgehead atoms. The molecule has 3 unspecified atom stereocenters. The van der Waals surface area contributed by atoms with Crippen LogP contribution in [0.1, 0.15) is 59.8 Å². The van der Waals surface area contributed by atoms with Gasteiger partial charge in [-0.2, -0.15) is 0 Å². The number of hydrogen-bond acceptors (Lipinski definition) is 3. The predicted octanol–water partition coefficient (Wildman–Crippen LogP) is 3.36. The summed E-state index contributed by atoms with van der Waals surface area (Å²) >= 11 is 0. The first kappa shape index (κ1) is 14.5. The lowest BCUT2D eigenvalue weighted by molar-refractivity contribution is -0.149. The van der Waals surface area contributed by atoms with Crippen LogP contribution in [0.2, 0.25) is 0 Å². The second-order valence-electron chi connectivity index (χ2n) is 6.97. The normalized spacial score (nSPS) is 35.7. The number of hydrogen-bond donors (Lipinski definition) is 0.